The first kappa shape index (κ1) is 24.6. The topological polar surface area (TPSA) is 111 Å². The molecule has 2 atom stereocenters. The molecule has 0 saturated heterocycles. The predicted molar refractivity (Wildman–Crippen MR) is 124 cm³/mol. The van der Waals surface area contributed by atoms with E-state index >= 15 is 0 Å². The molecule has 0 bridgehead atoms. The normalized spacial score (nSPS) is 12.8. The number of amides is 2. The van der Waals surface area contributed by atoms with Gasteiger partial charge in [0, 0.05) is 23.4 Å². The first-order chi connectivity index (χ1) is 14.8. The lowest BCUT2D eigenvalue weighted by Crippen LogP contribution is -2.46. The summed E-state index contributed by atoms with van der Waals surface area (Å²) in [5.41, 5.74) is 7.48. The molecule has 0 aliphatic heterocycles. The number of nitrogens with two attached hydrogens (primary N) is 1. The number of nitrogens with one attached hydrogen (secondary N) is 2. The van der Waals surface area contributed by atoms with Crippen LogP contribution in [0, 0.1) is 12.8 Å². The van der Waals surface area contributed by atoms with Crippen LogP contribution in [0.5, 0.6) is 0 Å². The molecule has 2 rings (SSSR count). The van der Waals surface area contributed by atoms with Crippen LogP contribution in [0.4, 0.5) is 5.00 Å². The van der Waals surface area contributed by atoms with E-state index in [1.54, 1.807) is 6.92 Å². The number of rotatable bonds is 11. The molecule has 1 aromatic heterocycles. The zero-order chi connectivity index (χ0) is 23.0. The number of thiophene rings is 1. The van der Waals surface area contributed by atoms with Crippen molar-refractivity contribution in [2.75, 3.05) is 18.5 Å². The molecule has 1 aromatic carbocycles. The van der Waals surface area contributed by atoms with E-state index in [1.165, 1.54) is 11.3 Å². The third-order valence-corrected chi connectivity index (χ3v) is 6.14. The number of benzene rings is 1. The average Bonchev–Trinajstić information content (AvgIpc) is 3.06. The fourth-order valence-corrected chi connectivity index (χ4v) is 4.41. The number of hydrogen-bond donors (Lipinski definition) is 3. The highest BCUT2D eigenvalue weighted by molar-refractivity contribution is 7.17. The molecule has 0 saturated carbocycles. The second-order valence-corrected chi connectivity index (χ2v) is 8.57. The van der Waals surface area contributed by atoms with Gasteiger partial charge in [0.1, 0.15) is 10.6 Å². The second kappa shape index (κ2) is 11.6. The Bertz CT molecular complexity index is 911. The van der Waals surface area contributed by atoms with Crippen molar-refractivity contribution in [3.63, 3.8) is 0 Å². The van der Waals surface area contributed by atoms with Crippen LogP contribution < -0.4 is 16.4 Å². The van der Waals surface area contributed by atoms with Gasteiger partial charge in [-0.25, -0.2) is 4.79 Å². The summed E-state index contributed by atoms with van der Waals surface area (Å²) in [6.45, 7) is 8.12. The van der Waals surface area contributed by atoms with E-state index in [4.69, 9.17) is 10.5 Å². The number of carbonyl (C=O) groups excluding carboxylic acids is 3. The molecule has 31 heavy (non-hydrogen) atoms. The number of esters is 1. The van der Waals surface area contributed by atoms with E-state index in [-0.39, 0.29) is 24.9 Å². The van der Waals surface area contributed by atoms with E-state index in [9.17, 15) is 14.4 Å². The summed E-state index contributed by atoms with van der Waals surface area (Å²) in [6.07, 6.45) is 0.937. The Morgan fingerprint density at radius 2 is 1.84 bits per heavy atom. The molecular formula is C23H31N3O4S. The zero-order valence-electron chi connectivity index (χ0n) is 18.5. The first-order valence-corrected chi connectivity index (χ1v) is 11.3. The van der Waals surface area contributed by atoms with Gasteiger partial charge < -0.3 is 21.1 Å². The third kappa shape index (κ3) is 6.38. The number of aryl methyl sites for hydroxylation is 1. The van der Waals surface area contributed by atoms with Crippen LogP contribution in [-0.2, 0) is 14.3 Å². The highest BCUT2D eigenvalue weighted by Crippen LogP contribution is 2.40. The van der Waals surface area contributed by atoms with Crippen molar-refractivity contribution >= 4 is 34.1 Å². The van der Waals surface area contributed by atoms with Gasteiger partial charge in [-0.3, -0.25) is 9.59 Å². The highest BCUT2D eigenvalue weighted by Gasteiger charge is 2.26. The van der Waals surface area contributed by atoms with Gasteiger partial charge in [0.15, 0.2) is 0 Å². The number of carbonyl (C=O) groups is 3. The largest absolute Gasteiger partial charge is 0.462 e. The predicted octanol–water partition coefficient (Wildman–Crippen LogP) is 3.72. The number of anilines is 1. The van der Waals surface area contributed by atoms with Gasteiger partial charge in [-0.1, -0.05) is 50.6 Å². The van der Waals surface area contributed by atoms with E-state index in [1.807, 2.05) is 51.1 Å². The minimum absolute atomic E-state index is 0.0735. The van der Waals surface area contributed by atoms with Gasteiger partial charge >= 0.3 is 5.97 Å². The summed E-state index contributed by atoms with van der Waals surface area (Å²) in [5.74, 6) is -1.08. The van der Waals surface area contributed by atoms with E-state index < -0.39 is 17.9 Å². The lowest BCUT2D eigenvalue weighted by Gasteiger charge is -2.21. The minimum atomic E-state index is -0.485. The van der Waals surface area contributed by atoms with E-state index in [0.717, 1.165) is 22.4 Å². The molecule has 0 spiro atoms. The maximum absolute atomic E-state index is 12.7. The van der Waals surface area contributed by atoms with Crippen LogP contribution in [0.3, 0.4) is 0 Å². The Morgan fingerprint density at radius 1 is 1.16 bits per heavy atom. The van der Waals surface area contributed by atoms with Crippen LogP contribution in [0.2, 0.25) is 0 Å². The molecule has 2 aromatic rings. The van der Waals surface area contributed by atoms with Gasteiger partial charge in [0.2, 0.25) is 11.8 Å². The van der Waals surface area contributed by atoms with Gasteiger partial charge in [-0.2, -0.15) is 0 Å². The number of primary amides is 1. The summed E-state index contributed by atoms with van der Waals surface area (Å²) in [7, 11) is 0. The van der Waals surface area contributed by atoms with Crippen molar-refractivity contribution in [2.24, 2.45) is 11.7 Å². The van der Waals surface area contributed by atoms with Crippen molar-refractivity contribution in [2.45, 2.75) is 46.6 Å². The van der Waals surface area contributed by atoms with Gasteiger partial charge in [-0.15, -0.1) is 11.3 Å². The smallest absolute Gasteiger partial charge is 0.341 e. The third-order valence-electron chi connectivity index (χ3n) is 5.12. The molecule has 0 radical (unpaired) electrons. The summed E-state index contributed by atoms with van der Waals surface area (Å²) < 4.78 is 5.26. The molecule has 4 N–H and O–H groups in total. The summed E-state index contributed by atoms with van der Waals surface area (Å²) in [5, 5.41) is 6.38. The Hall–Kier alpha value is -2.71. The molecule has 8 heteroatoms. The lowest BCUT2D eigenvalue weighted by molar-refractivity contribution is -0.121. The van der Waals surface area contributed by atoms with Gasteiger partial charge in [0.25, 0.3) is 0 Å². The SMILES string of the molecule is CCOC(=O)c1c(NC(=O)CCN[C@@H](C(N)=O)[C@@H](C)CC)sc(C)c1-c1ccccc1. The van der Waals surface area contributed by atoms with Crippen molar-refractivity contribution in [3.05, 3.63) is 40.8 Å². The van der Waals surface area contributed by atoms with Crippen molar-refractivity contribution in [1.29, 1.82) is 0 Å². The molecule has 0 fully saturated rings. The van der Waals surface area contributed by atoms with Crippen molar-refractivity contribution in [3.8, 4) is 11.1 Å². The molecule has 0 aliphatic rings. The van der Waals surface area contributed by atoms with Crippen LogP contribution in [0.25, 0.3) is 11.1 Å². The van der Waals surface area contributed by atoms with Crippen LogP contribution in [0.1, 0.15) is 48.8 Å². The molecule has 2 amide bonds. The minimum Gasteiger partial charge on any atom is -0.462 e. The van der Waals surface area contributed by atoms with Crippen molar-refractivity contribution in [1.82, 2.24) is 5.32 Å². The lowest BCUT2D eigenvalue weighted by atomic mass is 9.98. The van der Waals surface area contributed by atoms with Crippen LogP contribution in [0.15, 0.2) is 30.3 Å². The maximum atomic E-state index is 12.7. The Morgan fingerprint density at radius 3 is 2.42 bits per heavy atom. The first-order valence-electron chi connectivity index (χ1n) is 10.5. The monoisotopic (exact) mass is 445 g/mol. The Balaban J connectivity index is 2.18. The summed E-state index contributed by atoms with van der Waals surface area (Å²) in [6, 6.07) is 9.07. The number of hydrogen-bond acceptors (Lipinski definition) is 6. The molecule has 168 valence electrons. The van der Waals surface area contributed by atoms with E-state index in [0.29, 0.717) is 17.1 Å². The second-order valence-electron chi connectivity index (χ2n) is 7.34. The molecule has 0 unspecified atom stereocenters. The molecule has 1 heterocycles. The van der Waals surface area contributed by atoms with Crippen LogP contribution >= 0.6 is 11.3 Å². The quantitative estimate of drug-likeness (QED) is 0.457. The Kier molecular flexibility index (Phi) is 9.21. The standard InChI is InChI=1S/C23H31N3O4S/c1-5-14(3)20(21(24)28)25-13-12-17(27)26-22-19(23(29)30-6-2)18(15(4)31-22)16-10-8-7-9-11-16/h7-11,14,20,25H,5-6,12-13H2,1-4H3,(H2,24,28)(H,26,27)/t14-,20+/m0/s1. The molecule has 0 aliphatic carbocycles. The van der Waals surface area contributed by atoms with Gasteiger partial charge in [-0.05, 0) is 25.3 Å². The maximum Gasteiger partial charge on any atom is 0.341 e. The fraction of sp³-hybridized carbons (Fsp3) is 0.435. The van der Waals surface area contributed by atoms with Gasteiger partial charge in [0.05, 0.1) is 12.6 Å². The fourth-order valence-electron chi connectivity index (χ4n) is 3.33. The summed E-state index contributed by atoms with van der Waals surface area (Å²) >= 11 is 1.34. The summed E-state index contributed by atoms with van der Waals surface area (Å²) in [4.78, 5) is 37.8. The highest BCUT2D eigenvalue weighted by atomic mass is 32.1. The molecule has 7 nitrogen and oxygen atoms in total. The van der Waals surface area contributed by atoms with Crippen LogP contribution in [-0.4, -0.2) is 37.0 Å². The molecular weight excluding hydrogens is 414 g/mol. The zero-order valence-corrected chi connectivity index (χ0v) is 19.3. The van der Waals surface area contributed by atoms with Crippen molar-refractivity contribution < 1.29 is 19.1 Å². The van der Waals surface area contributed by atoms with E-state index in [2.05, 4.69) is 10.6 Å². The number of ether oxygens (including phenoxy) is 1. The Labute approximate surface area is 187 Å². The average molecular weight is 446 g/mol.